The zero-order chi connectivity index (χ0) is 26.9. The van der Waals surface area contributed by atoms with Crippen LogP contribution < -0.4 is 15.1 Å². The van der Waals surface area contributed by atoms with Gasteiger partial charge in [0.05, 0.1) is 5.52 Å². The summed E-state index contributed by atoms with van der Waals surface area (Å²) in [6.45, 7) is 6.93. The Bertz CT molecular complexity index is 1280. The number of aromatic nitrogens is 1. The number of likely N-dealkylation sites (tertiary alicyclic amines) is 1. The molecular weight excluding hydrogens is 510 g/mol. The molecule has 0 saturated carbocycles. The summed E-state index contributed by atoms with van der Waals surface area (Å²) in [5.74, 6) is -1.56. The number of nitrogens with zero attached hydrogens (tertiary/aromatic N) is 1. The van der Waals surface area contributed by atoms with Crippen molar-refractivity contribution < 1.29 is 39.7 Å². The number of alkyl carbamates (subject to hydrolysis) is 1. The van der Waals surface area contributed by atoms with Crippen molar-refractivity contribution in [3.63, 3.8) is 0 Å². The number of nitrogens with one attached hydrogen (secondary N) is 2. The first-order valence-electron chi connectivity index (χ1n) is 11.1. The highest BCUT2D eigenvalue weighted by Gasteiger charge is 2.48. The van der Waals surface area contributed by atoms with Gasteiger partial charge in [-0.15, -0.1) is 0 Å². The average molecular weight is 538 g/mol. The van der Waals surface area contributed by atoms with Gasteiger partial charge in [-0.3, -0.25) is 4.79 Å². The number of alkyl halides is 3. The smallest absolute Gasteiger partial charge is 0.444 e. The van der Waals surface area contributed by atoms with Crippen LogP contribution in [-0.2, 0) is 21.3 Å². The molecule has 0 bridgehead atoms. The summed E-state index contributed by atoms with van der Waals surface area (Å²) in [5, 5.41) is 2.64. The molecule has 1 fully saturated rings. The lowest BCUT2D eigenvalue weighted by Gasteiger charge is -2.32. The fourth-order valence-corrected chi connectivity index (χ4v) is 4.24. The molecule has 1 aliphatic rings. The van der Waals surface area contributed by atoms with Crippen LogP contribution in [0.3, 0.4) is 0 Å². The van der Waals surface area contributed by atoms with Crippen LogP contribution in [-0.4, -0.2) is 61.2 Å². The van der Waals surface area contributed by atoms with Gasteiger partial charge in [-0.1, -0.05) is 0 Å². The normalized spacial score (nSPS) is 16.2. The van der Waals surface area contributed by atoms with Crippen molar-refractivity contribution in [2.45, 2.75) is 57.2 Å². The summed E-state index contributed by atoms with van der Waals surface area (Å²) >= 11 is 0. The second-order valence-corrected chi connectivity index (χ2v) is 11.0. The zero-order valence-electron chi connectivity index (χ0n) is 19.9. The molecule has 9 nitrogen and oxygen atoms in total. The van der Waals surface area contributed by atoms with Crippen molar-refractivity contribution in [2.24, 2.45) is 0 Å². The molecule has 0 radical (unpaired) electrons. The molecule has 1 amide bonds. The topological polar surface area (TPSA) is 118 Å². The predicted octanol–water partition coefficient (Wildman–Crippen LogP) is 3.43. The average Bonchev–Trinajstić information content (AvgIpc) is 2.71. The highest BCUT2D eigenvalue weighted by molar-refractivity contribution is 7.88. The third-order valence-corrected chi connectivity index (χ3v) is 6.43. The number of rotatable bonds is 6. The molecule has 14 heteroatoms. The van der Waals surface area contributed by atoms with Gasteiger partial charge < -0.3 is 24.1 Å². The van der Waals surface area contributed by atoms with Crippen molar-refractivity contribution in [2.75, 3.05) is 19.6 Å². The minimum atomic E-state index is -6.03. The van der Waals surface area contributed by atoms with E-state index in [9.17, 15) is 35.6 Å². The summed E-state index contributed by atoms with van der Waals surface area (Å²) in [6.07, 6.45) is 0.959. The van der Waals surface area contributed by atoms with E-state index in [1.807, 2.05) is 4.90 Å². The Morgan fingerprint density at radius 2 is 1.81 bits per heavy atom. The lowest BCUT2D eigenvalue weighted by atomic mass is 10.0. The van der Waals surface area contributed by atoms with Crippen LogP contribution in [0.5, 0.6) is 5.75 Å². The summed E-state index contributed by atoms with van der Waals surface area (Å²) in [7, 11) is -6.03. The fourth-order valence-electron chi connectivity index (χ4n) is 3.77. The summed E-state index contributed by atoms with van der Waals surface area (Å²) in [6, 6.07) is 2.57. The van der Waals surface area contributed by atoms with Crippen LogP contribution >= 0.6 is 0 Å². The molecule has 1 saturated heterocycles. The molecule has 200 valence electrons. The van der Waals surface area contributed by atoms with E-state index in [2.05, 4.69) is 14.5 Å². The van der Waals surface area contributed by atoms with Gasteiger partial charge in [-0.25, -0.2) is 9.18 Å². The van der Waals surface area contributed by atoms with Crippen LogP contribution in [0, 0.1) is 5.82 Å². The molecule has 1 aliphatic heterocycles. The van der Waals surface area contributed by atoms with E-state index in [-0.39, 0.29) is 28.9 Å². The first-order valence-corrected chi connectivity index (χ1v) is 12.5. The van der Waals surface area contributed by atoms with Crippen LogP contribution in [0.4, 0.5) is 22.4 Å². The third-order valence-electron chi connectivity index (χ3n) is 5.46. The SMILES string of the molecule is CC(C)(C)OC(=O)NC1CCN(CCc2cc3c(OS(=O)(=O)C(F)(F)F)cc(=O)[nH]c3cc2F)CC1. The van der Waals surface area contributed by atoms with Gasteiger partial charge in [0.15, 0.2) is 5.75 Å². The summed E-state index contributed by atoms with van der Waals surface area (Å²) in [4.78, 5) is 28.0. The van der Waals surface area contributed by atoms with Crippen molar-refractivity contribution >= 4 is 27.1 Å². The minimum Gasteiger partial charge on any atom is -0.444 e. The van der Waals surface area contributed by atoms with Crippen molar-refractivity contribution in [1.82, 2.24) is 15.2 Å². The third kappa shape index (κ3) is 7.09. The standard InChI is InChI=1S/C22H27F4N3O6S/c1-21(2,3)34-20(31)27-14-5-8-29(9-6-14)7-4-13-10-15-17(11-16(13)23)28-19(30)12-18(15)35-36(32,33)22(24,25)26/h10-12,14H,4-9H2,1-3H3,(H,27,31)(H,28,30). The number of halogens is 4. The number of carbonyl (C=O) groups is 1. The minimum absolute atomic E-state index is 0.0689. The molecule has 2 aromatic rings. The van der Waals surface area contributed by atoms with E-state index >= 15 is 0 Å². The molecule has 1 aromatic heterocycles. The van der Waals surface area contributed by atoms with Gasteiger partial charge in [0, 0.05) is 37.1 Å². The van der Waals surface area contributed by atoms with E-state index in [4.69, 9.17) is 4.74 Å². The van der Waals surface area contributed by atoms with Crippen molar-refractivity contribution in [3.05, 3.63) is 39.9 Å². The Morgan fingerprint density at radius 1 is 1.17 bits per heavy atom. The van der Waals surface area contributed by atoms with Crippen LogP contribution in [0.25, 0.3) is 10.9 Å². The van der Waals surface area contributed by atoms with Crippen LogP contribution in [0.2, 0.25) is 0 Å². The maximum atomic E-state index is 14.7. The van der Waals surface area contributed by atoms with Crippen molar-refractivity contribution in [3.8, 4) is 5.75 Å². The molecule has 2 heterocycles. The molecule has 1 aromatic carbocycles. The molecule has 36 heavy (non-hydrogen) atoms. The summed E-state index contributed by atoms with van der Waals surface area (Å²) in [5.41, 5.74) is -7.36. The number of benzene rings is 1. The van der Waals surface area contributed by atoms with Gasteiger partial charge in [0.2, 0.25) is 0 Å². The van der Waals surface area contributed by atoms with Gasteiger partial charge in [-0.2, -0.15) is 21.6 Å². The van der Waals surface area contributed by atoms with E-state index in [0.29, 0.717) is 38.5 Å². The number of ether oxygens (including phenoxy) is 1. The number of fused-ring (bicyclic) bond motifs is 1. The summed E-state index contributed by atoms with van der Waals surface area (Å²) < 4.78 is 85.3. The van der Waals surface area contributed by atoms with Gasteiger partial charge in [0.25, 0.3) is 5.56 Å². The Morgan fingerprint density at radius 3 is 2.39 bits per heavy atom. The highest BCUT2D eigenvalue weighted by Crippen LogP contribution is 2.31. The molecule has 3 rings (SSSR count). The monoisotopic (exact) mass is 537 g/mol. The zero-order valence-corrected chi connectivity index (χ0v) is 20.7. The number of hydrogen-bond acceptors (Lipinski definition) is 7. The molecule has 0 spiro atoms. The highest BCUT2D eigenvalue weighted by atomic mass is 32.2. The Balaban J connectivity index is 1.69. The van der Waals surface area contributed by atoms with Gasteiger partial charge in [-0.05, 0) is 57.7 Å². The lowest BCUT2D eigenvalue weighted by Crippen LogP contribution is -2.46. The second-order valence-electron chi connectivity index (χ2n) is 9.48. The molecule has 0 unspecified atom stereocenters. The van der Waals surface area contributed by atoms with Crippen LogP contribution in [0.15, 0.2) is 23.0 Å². The fraction of sp³-hybridized carbons (Fsp3) is 0.545. The number of piperidine rings is 1. The Labute approximate surface area is 204 Å². The number of amides is 1. The first-order chi connectivity index (χ1) is 16.5. The first kappa shape index (κ1) is 27.7. The largest absolute Gasteiger partial charge is 0.534 e. The van der Waals surface area contributed by atoms with Crippen LogP contribution in [0.1, 0.15) is 39.2 Å². The number of carbonyl (C=O) groups excluding carboxylic acids is 1. The van der Waals surface area contributed by atoms with E-state index < -0.39 is 44.4 Å². The number of H-pyrrole nitrogens is 1. The molecule has 0 atom stereocenters. The Hall–Kier alpha value is -2.87. The molecule has 2 N–H and O–H groups in total. The van der Waals surface area contributed by atoms with E-state index in [1.54, 1.807) is 20.8 Å². The van der Waals surface area contributed by atoms with E-state index in [0.717, 1.165) is 6.07 Å². The van der Waals surface area contributed by atoms with Gasteiger partial charge >= 0.3 is 21.7 Å². The quantitative estimate of drug-likeness (QED) is 0.329. The lowest BCUT2D eigenvalue weighted by molar-refractivity contribution is -0.0499. The molecular formula is C22H27F4N3O6S. The second kappa shape index (κ2) is 10.2. The number of hydrogen-bond donors (Lipinski definition) is 2. The predicted molar refractivity (Wildman–Crippen MR) is 123 cm³/mol. The maximum absolute atomic E-state index is 14.7. The van der Waals surface area contributed by atoms with E-state index in [1.165, 1.54) is 6.07 Å². The number of pyridine rings is 1. The Kier molecular flexibility index (Phi) is 7.89. The maximum Gasteiger partial charge on any atom is 0.534 e. The molecule has 0 aliphatic carbocycles. The van der Waals surface area contributed by atoms with Crippen molar-refractivity contribution in [1.29, 1.82) is 0 Å². The van der Waals surface area contributed by atoms with Gasteiger partial charge in [0.1, 0.15) is 11.4 Å². The number of aromatic amines is 1.